The Bertz CT molecular complexity index is 951. The van der Waals surface area contributed by atoms with Crippen LogP contribution in [0.5, 0.6) is 5.75 Å². The van der Waals surface area contributed by atoms with Gasteiger partial charge < -0.3 is 20.5 Å². The molecule has 8 nitrogen and oxygen atoms in total. The largest absolute Gasteiger partial charge is 0.513 e. The molecule has 2 heterocycles. The number of aromatic nitrogens is 3. The van der Waals surface area contributed by atoms with E-state index in [-0.39, 0.29) is 6.61 Å². The monoisotopic (exact) mass is 355 g/mol. The topological polar surface area (TPSA) is 104 Å². The molecular formula is C18H21N5O3. The average molecular weight is 355 g/mol. The van der Waals surface area contributed by atoms with Crippen molar-refractivity contribution in [2.45, 2.75) is 27.2 Å². The second-order valence-electron chi connectivity index (χ2n) is 5.71. The second kappa shape index (κ2) is 7.30. The molecule has 0 fully saturated rings. The Morgan fingerprint density at radius 2 is 2.15 bits per heavy atom. The summed E-state index contributed by atoms with van der Waals surface area (Å²) in [5.41, 5.74) is 10.0. The zero-order valence-corrected chi connectivity index (χ0v) is 14.9. The molecule has 1 aromatic carbocycles. The van der Waals surface area contributed by atoms with Gasteiger partial charge in [0.2, 0.25) is 0 Å². The lowest BCUT2D eigenvalue weighted by atomic mass is 10.2. The summed E-state index contributed by atoms with van der Waals surface area (Å²) in [5, 5.41) is 7.46. The van der Waals surface area contributed by atoms with Crippen LogP contribution in [0.1, 0.15) is 25.0 Å². The summed E-state index contributed by atoms with van der Waals surface area (Å²) in [6.07, 6.45) is 2.96. The van der Waals surface area contributed by atoms with Crippen LogP contribution in [0, 0.1) is 6.92 Å². The lowest BCUT2D eigenvalue weighted by molar-refractivity contribution is 0.104. The molecule has 0 aliphatic rings. The number of nitrogens with zero attached hydrogens (tertiary/aromatic N) is 3. The SMILES string of the molecule is CCOC(=O)Oc1cn2ncnc(Nc3ccc(C)c(N)c3)c2c1CC. The van der Waals surface area contributed by atoms with Crippen molar-refractivity contribution in [3.8, 4) is 5.75 Å². The van der Waals surface area contributed by atoms with Crippen molar-refractivity contribution in [2.24, 2.45) is 0 Å². The van der Waals surface area contributed by atoms with E-state index >= 15 is 0 Å². The fourth-order valence-corrected chi connectivity index (χ4v) is 2.66. The summed E-state index contributed by atoms with van der Waals surface area (Å²) in [5.74, 6) is 0.997. The summed E-state index contributed by atoms with van der Waals surface area (Å²) >= 11 is 0. The maximum absolute atomic E-state index is 11.7. The fourth-order valence-electron chi connectivity index (χ4n) is 2.66. The molecule has 0 saturated carbocycles. The van der Waals surface area contributed by atoms with E-state index < -0.39 is 6.16 Å². The molecule has 0 unspecified atom stereocenters. The van der Waals surface area contributed by atoms with Crippen LogP contribution in [-0.4, -0.2) is 27.4 Å². The van der Waals surface area contributed by atoms with E-state index in [0.29, 0.717) is 23.7 Å². The molecule has 0 aliphatic heterocycles. The van der Waals surface area contributed by atoms with Crippen LogP contribution in [0.25, 0.3) is 5.52 Å². The first kappa shape index (κ1) is 17.5. The molecule has 8 heteroatoms. The smallest absolute Gasteiger partial charge is 0.434 e. The zero-order chi connectivity index (χ0) is 18.7. The molecule has 0 amide bonds. The van der Waals surface area contributed by atoms with Gasteiger partial charge in [-0.05, 0) is 38.0 Å². The standard InChI is InChI=1S/C18H21N5O3/c1-4-13-15(26-18(24)25-5-2)9-23-16(13)17(20-10-21-23)22-12-7-6-11(3)14(19)8-12/h6-10H,4-5,19H2,1-3H3,(H,20,21,22). The highest BCUT2D eigenvalue weighted by atomic mass is 16.7. The predicted octanol–water partition coefficient (Wildman–Crippen LogP) is 3.46. The number of aryl methyl sites for hydroxylation is 2. The highest BCUT2D eigenvalue weighted by Crippen LogP contribution is 2.31. The lowest BCUT2D eigenvalue weighted by Crippen LogP contribution is -2.10. The maximum Gasteiger partial charge on any atom is 0.513 e. The minimum atomic E-state index is -0.744. The number of carbonyl (C=O) groups is 1. The summed E-state index contributed by atoms with van der Waals surface area (Å²) < 4.78 is 11.8. The molecule has 136 valence electrons. The minimum absolute atomic E-state index is 0.245. The van der Waals surface area contributed by atoms with E-state index in [1.54, 1.807) is 17.6 Å². The van der Waals surface area contributed by atoms with Gasteiger partial charge in [0.15, 0.2) is 11.6 Å². The number of benzene rings is 1. The molecule has 26 heavy (non-hydrogen) atoms. The molecule has 0 radical (unpaired) electrons. The summed E-state index contributed by atoms with van der Waals surface area (Å²) in [4.78, 5) is 16.0. The van der Waals surface area contributed by atoms with Crippen LogP contribution in [0.3, 0.4) is 0 Å². The number of ether oxygens (including phenoxy) is 2. The molecule has 0 aliphatic carbocycles. The van der Waals surface area contributed by atoms with Gasteiger partial charge in [-0.2, -0.15) is 5.10 Å². The Kier molecular flexibility index (Phi) is 4.92. The van der Waals surface area contributed by atoms with E-state index in [0.717, 1.165) is 22.3 Å². The highest BCUT2D eigenvalue weighted by Gasteiger charge is 2.19. The number of hydrogen-bond donors (Lipinski definition) is 2. The second-order valence-corrected chi connectivity index (χ2v) is 5.71. The third kappa shape index (κ3) is 3.39. The Balaban J connectivity index is 2.01. The van der Waals surface area contributed by atoms with E-state index in [2.05, 4.69) is 15.4 Å². The number of nitrogens with one attached hydrogen (secondary N) is 1. The lowest BCUT2D eigenvalue weighted by Gasteiger charge is -2.10. The molecule has 0 spiro atoms. The third-order valence-corrected chi connectivity index (χ3v) is 3.99. The Morgan fingerprint density at radius 3 is 2.85 bits per heavy atom. The number of nitrogens with two attached hydrogens (primary N) is 1. The first-order valence-corrected chi connectivity index (χ1v) is 8.36. The van der Waals surface area contributed by atoms with Crippen molar-refractivity contribution in [1.29, 1.82) is 0 Å². The number of fused-ring (bicyclic) bond motifs is 1. The van der Waals surface area contributed by atoms with Gasteiger partial charge in [-0.3, -0.25) is 0 Å². The van der Waals surface area contributed by atoms with E-state index in [1.807, 2.05) is 32.0 Å². The number of hydrogen-bond acceptors (Lipinski definition) is 7. The molecule has 0 bridgehead atoms. The van der Waals surface area contributed by atoms with Crippen molar-refractivity contribution in [2.75, 3.05) is 17.7 Å². The molecule has 0 saturated heterocycles. The quantitative estimate of drug-likeness (QED) is 0.533. The molecular weight excluding hydrogens is 334 g/mol. The van der Waals surface area contributed by atoms with Gasteiger partial charge >= 0.3 is 6.16 Å². The highest BCUT2D eigenvalue weighted by molar-refractivity contribution is 5.80. The Hall–Kier alpha value is -3.29. The predicted molar refractivity (Wildman–Crippen MR) is 98.9 cm³/mol. The van der Waals surface area contributed by atoms with Crippen LogP contribution >= 0.6 is 0 Å². The summed E-state index contributed by atoms with van der Waals surface area (Å²) in [6.45, 7) is 5.88. The van der Waals surface area contributed by atoms with Crippen LogP contribution in [-0.2, 0) is 11.2 Å². The van der Waals surface area contributed by atoms with Gasteiger partial charge in [-0.1, -0.05) is 13.0 Å². The van der Waals surface area contributed by atoms with E-state index in [9.17, 15) is 4.79 Å². The first-order valence-electron chi connectivity index (χ1n) is 8.36. The van der Waals surface area contributed by atoms with Crippen molar-refractivity contribution < 1.29 is 14.3 Å². The van der Waals surface area contributed by atoms with E-state index in [4.69, 9.17) is 15.2 Å². The zero-order valence-electron chi connectivity index (χ0n) is 14.9. The van der Waals surface area contributed by atoms with Crippen molar-refractivity contribution in [1.82, 2.24) is 14.6 Å². The maximum atomic E-state index is 11.7. The molecule has 2 aromatic heterocycles. The molecule has 3 N–H and O–H groups in total. The fraction of sp³-hybridized carbons (Fsp3) is 0.278. The van der Waals surface area contributed by atoms with Gasteiger partial charge in [0.1, 0.15) is 11.8 Å². The van der Waals surface area contributed by atoms with Gasteiger partial charge in [-0.25, -0.2) is 14.3 Å². The number of rotatable bonds is 5. The van der Waals surface area contributed by atoms with Crippen LogP contribution in [0.4, 0.5) is 22.0 Å². The first-order chi connectivity index (χ1) is 12.5. The van der Waals surface area contributed by atoms with Crippen molar-refractivity contribution in [3.05, 3.63) is 41.9 Å². The number of nitrogen functional groups attached to an aromatic ring is 1. The minimum Gasteiger partial charge on any atom is -0.434 e. The van der Waals surface area contributed by atoms with Crippen LogP contribution in [0.2, 0.25) is 0 Å². The number of carbonyl (C=O) groups excluding carboxylic acids is 1. The van der Waals surface area contributed by atoms with Gasteiger partial charge in [0, 0.05) is 16.9 Å². The molecule has 0 atom stereocenters. The van der Waals surface area contributed by atoms with E-state index in [1.165, 1.54) is 6.33 Å². The van der Waals surface area contributed by atoms with Gasteiger partial charge in [-0.15, -0.1) is 0 Å². The normalized spacial score (nSPS) is 10.7. The Morgan fingerprint density at radius 1 is 1.35 bits per heavy atom. The van der Waals surface area contributed by atoms with Gasteiger partial charge in [0.25, 0.3) is 0 Å². The van der Waals surface area contributed by atoms with Crippen LogP contribution < -0.4 is 15.8 Å². The molecule has 3 rings (SSSR count). The summed E-state index contributed by atoms with van der Waals surface area (Å²) in [6, 6.07) is 5.71. The molecule has 3 aromatic rings. The third-order valence-electron chi connectivity index (χ3n) is 3.99. The number of anilines is 3. The van der Waals surface area contributed by atoms with Crippen molar-refractivity contribution in [3.63, 3.8) is 0 Å². The Labute approximate surface area is 150 Å². The van der Waals surface area contributed by atoms with Crippen molar-refractivity contribution >= 4 is 28.9 Å². The van der Waals surface area contributed by atoms with Crippen LogP contribution in [0.15, 0.2) is 30.7 Å². The summed E-state index contributed by atoms with van der Waals surface area (Å²) in [7, 11) is 0. The van der Waals surface area contributed by atoms with Gasteiger partial charge in [0.05, 0.1) is 12.8 Å². The average Bonchev–Trinajstić information content (AvgIpc) is 2.96.